The molecule has 21 heavy (non-hydrogen) atoms. The monoisotopic (exact) mass is 285 g/mol. The van der Waals surface area contributed by atoms with Crippen molar-refractivity contribution < 1.29 is 0 Å². The molecule has 1 unspecified atom stereocenters. The molecule has 0 bridgehead atoms. The molecule has 114 valence electrons. The van der Waals surface area contributed by atoms with Crippen LogP contribution in [0.1, 0.15) is 25.8 Å². The highest BCUT2D eigenvalue weighted by molar-refractivity contribution is 5.81. The second-order valence-electron chi connectivity index (χ2n) is 6.46. The normalized spacial score (nSPS) is 13.2. The minimum absolute atomic E-state index is 0.513. The van der Waals surface area contributed by atoms with Crippen molar-refractivity contribution in [2.75, 3.05) is 20.6 Å². The average Bonchev–Trinajstić information content (AvgIpc) is 2.43. The minimum Gasteiger partial charge on any atom is -0.309 e. The number of nitrogens with one attached hydrogen (secondary N) is 1. The summed E-state index contributed by atoms with van der Waals surface area (Å²) in [6.07, 6.45) is 3.06. The van der Waals surface area contributed by atoms with Crippen molar-refractivity contribution in [1.82, 2.24) is 15.2 Å². The Hall–Kier alpha value is -1.45. The van der Waals surface area contributed by atoms with Crippen LogP contribution in [0.4, 0.5) is 0 Å². The Morgan fingerprint density at radius 3 is 2.62 bits per heavy atom. The van der Waals surface area contributed by atoms with Gasteiger partial charge >= 0.3 is 0 Å². The topological polar surface area (TPSA) is 28.2 Å². The smallest absolute Gasteiger partial charge is 0.0746 e. The zero-order valence-electron chi connectivity index (χ0n) is 13.6. The number of rotatable bonds is 7. The first kappa shape index (κ1) is 15.9. The van der Waals surface area contributed by atoms with Crippen LogP contribution in [-0.4, -0.2) is 36.6 Å². The number of pyridine rings is 1. The van der Waals surface area contributed by atoms with E-state index in [0.29, 0.717) is 12.0 Å². The van der Waals surface area contributed by atoms with E-state index in [1.54, 1.807) is 0 Å². The molecular weight excluding hydrogens is 258 g/mol. The van der Waals surface area contributed by atoms with Crippen LogP contribution >= 0.6 is 0 Å². The van der Waals surface area contributed by atoms with Gasteiger partial charge in [-0.1, -0.05) is 38.1 Å². The van der Waals surface area contributed by atoms with Crippen molar-refractivity contribution in [3.8, 4) is 0 Å². The number of nitrogens with zero attached hydrogens (tertiary/aromatic N) is 2. The van der Waals surface area contributed by atoms with E-state index in [4.69, 9.17) is 0 Å². The molecule has 0 fully saturated rings. The number of benzene rings is 1. The van der Waals surface area contributed by atoms with Crippen molar-refractivity contribution in [3.05, 3.63) is 42.1 Å². The second-order valence-corrected chi connectivity index (χ2v) is 6.46. The fourth-order valence-corrected chi connectivity index (χ4v) is 2.80. The Morgan fingerprint density at radius 1 is 1.14 bits per heavy atom. The molecular formula is C18H27N3. The van der Waals surface area contributed by atoms with Gasteiger partial charge in [-0.25, -0.2) is 0 Å². The summed E-state index contributed by atoms with van der Waals surface area (Å²) in [5, 5.41) is 4.92. The first-order valence-electron chi connectivity index (χ1n) is 7.77. The van der Waals surface area contributed by atoms with E-state index < -0.39 is 0 Å². The lowest BCUT2D eigenvalue weighted by Gasteiger charge is -2.24. The lowest BCUT2D eigenvalue weighted by molar-refractivity contribution is 0.305. The van der Waals surface area contributed by atoms with Gasteiger partial charge in [0.1, 0.15) is 0 Å². The fraction of sp³-hybridized carbons (Fsp3) is 0.500. The van der Waals surface area contributed by atoms with Gasteiger partial charge in [0.25, 0.3) is 0 Å². The summed E-state index contributed by atoms with van der Waals surface area (Å²) < 4.78 is 0. The number of fused-ring (bicyclic) bond motifs is 1. The molecule has 2 aromatic rings. The lowest BCUT2D eigenvalue weighted by atomic mass is 10.0. The lowest BCUT2D eigenvalue weighted by Crippen LogP contribution is -2.38. The van der Waals surface area contributed by atoms with Gasteiger partial charge < -0.3 is 10.2 Å². The quantitative estimate of drug-likeness (QED) is 0.846. The standard InChI is InChI=1S/C18H27N3/c1-14(2)11-17(13-21(3)4)20-12-16-8-5-7-15-9-6-10-19-18(15)16/h5-10,14,17,20H,11-13H2,1-4H3. The van der Waals surface area contributed by atoms with E-state index in [1.807, 2.05) is 12.3 Å². The molecule has 0 aliphatic rings. The van der Waals surface area contributed by atoms with E-state index in [0.717, 1.165) is 18.6 Å². The highest BCUT2D eigenvalue weighted by atomic mass is 15.1. The SMILES string of the molecule is CC(C)CC(CN(C)C)NCc1cccc2cccnc12. The number of para-hydroxylation sites is 1. The van der Waals surface area contributed by atoms with Gasteiger partial charge in [-0.2, -0.15) is 0 Å². The van der Waals surface area contributed by atoms with Crippen molar-refractivity contribution >= 4 is 10.9 Å². The third-order valence-corrected chi connectivity index (χ3v) is 3.64. The Balaban J connectivity index is 2.08. The van der Waals surface area contributed by atoms with Crippen molar-refractivity contribution in [2.24, 2.45) is 5.92 Å². The molecule has 0 saturated carbocycles. The molecule has 0 saturated heterocycles. The zero-order valence-corrected chi connectivity index (χ0v) is 13.6. The molecule has 1 aromatic heterocycles. The first-order valence-corrected chi connectivity index (χ1v) is 7.77. The predicted octanol–water partition coefficient (Wildman–Crippen LogP) is 3.30. The van der Waals surface area contributed by atoms with E-state index >= 15 is 0 Å². The molecule has 3 heteroatoms. The first-order chi connectivity index (χ1) is 10.1. The van der Waals surface area contributed by atoms with Crippen LogP contribution in [0.5, 0.6) is 0 Å². The van der Waals surface area contributed by atoms with Crippen molar-refractivity contribution in [3.63, 3.8) is 0 Å². The molecule has 0 aliphatic heterocycles. The molecule has 1 aromatic carbocycles. The van der Waals surface area contributed by atoms with Crippen LogP contribution in [0.15, 0.2) is 36.5 Å². The highest BCUT2D eigenvalue weighted by Gasteiger charge is 2.12. The fourth-order valence-electron chi connectivity index (χ4n) is 2.80. The number of hydrogen-bond donors (Lipinski definition) is 1. The number of likely N-dealkylation sites (N-methyl/N-ethyl adjacent to an activating group) is 1. The van der Waals surface area contributed by atoms with Crippen LogP contribution in [0.3, 0.4) is 0 Å². The Labute approximate surface area is 128 Å². The van der Waals surface area contributed by atoms with Crippen LogP contribution in [0.25, 0.3) is 10.9 Å². The van der Waals surface area contributed by atoms with Gasteiger partial charge in [-0.3, -0.25) is 4.98 Å². The number of hydrogen-bond acceptors (Lipinski definition) is 3. The average molecular weight is 285 g/mol. The van der Waals surface area contributed by atoms with E-state index in [2.05, 4.69) is 67.4 Å². The van der Waals surface area contributed by atoms with Crippen LogP contribution in [0, 0.1) is 5.92 Å². The summed E-state index contributed by atoms with van der Waals surface area (Å²) in [6, 6.07) is 11.0. The maximum Gasteiger partial charge on any atom is 0.0746 e. The van der Waals surface area contributed by atoms with Crippen LogP contribution in [-0.2, 0) is 6.54 Å². The van der Waals surface area contributed by atoms with Gasteiger partial charge in [0, 0.05) is 30.7 Å². The molecule has 0 aliphatic carbocycles. The third kappa shape index (κ3) is 4.80. The molecule has 0 radical (unpaired) electrons. The second kappa shape index (κ2) is 7.53. The molecule has 0 spiro atoms. The maximum absolute atomic E-state index is 4.53. The van der Waals surface area contributed by atoms with Crippen LogP contribution in [0.2, 0.25) is 0 Å². The predicted molar refractivity (Wildman–Crippen MR) is 90.4 cm³/mol. The Morgan fingerprint density at radius 2 is 1.90 bits per heavy atom. The van der Waals surface area contributed by atoms with Crippen molar-refractivity contribution in [1.29, 1.82) is 0 Å². The van der Waals surface area contributed by atoms with Gasteiger partial charge in [-0.15, -0.1) is 0 Å². The number of aromatic nitrogens is 1. The summed E-state index contributed by atoms with van der Waals surface area (Å²) in [6.45, 7) is 6.50. The summed E-state index contributed by atoms with van der Waals surface area (Å²) in [5.74, 6) is 0.702. The summed E-state index contributed by atoms with van der Waals surface area (Å²) >= 11 is 0. The molecule has 3 nitrogen and oxygen atoms in total. The van der Waals surface area contributed by atoms with Crippen molar-refractivity contribution in [2.45, 2.75) is 32.9 Å². The van der Waals surface area contributed by atoms with Gasteiger partial charge in [0.05, 0.1) is 5.52 Å². The van der Waals surface area contributed by atoms with Crippen LogP contribution < -0.4 is 5.32 Å². The Kier molecular flexibility index (Phi) is 5.71. The summed E-state index contributed by atoms with van der Waals surface area (Å²) in [4.78, 5) is 6.78. The van der Waals surface area contributed by atoms with E-state index in [1.165, 1.54) is 17.4 Å². The minimum atomic E-state index is 0.513. The van der Waals surface area contributed by atoms with E-state index in [-0.39, 0.29) is 0 Å². The summed E-state index contributed by atoms with van der Waals surface area (Å²) in [5.41, 5.74) is 2.39. The third-order valence-electron chi connectivity index (χ3n) is 3.64. The largest absolute Gasteiger partial charge is 0.309 e. The zero-order chi connectivity index (χ0) is 15.2. The molecule has 2 rings (SSSR count). The molecule has 0 amide bonds. The highest BCUT2D eigenvalue weighted by Crippen LogP contribution is 2.16. The molecule has 1 heterocycles. The molecule has 1 N–H and O–H groups in total. The summed E-state index contributed by atoms with van der Waals surface area (Å²) in [7, 11) is 4.27. The van der Waals surface area contributed by atoms with Gasteiger partial charge in [-0.05, 0) is 38.1 Å². The Bertz CT molecular complexity index is 548. The van der Waals surface area contributed by atoms with Gasteiger partial charge in [0.15, 0.2) is 0 Å². The van der Waals surface area contributed by atoms with Gasteiger partial charge in [0.2, 0.25) is 0 Å². The maximum atomic E-state index is 4.53. The van der Waals surface area contributed by atoms with E-state index in [9.17, 15) is 0 Å². The molecule has 1 atom stereocenters.